The summed E-state index contributed by atoms with van der Waals surface area (Å²) in [4.78, 5) is 15.8. The van der Waals surface area contributed by atoms with E-state index in [4.69, 9.17) is 10.1 Å². The summed E-state index contributed by atoms with van der Waals surface area (Å²) in [6.07, 6.45) is 0.594. The maximum absolute atomic E-state index is 13.4. The topological polar surface area (TPSA) is 71.6 Å². The van der Waals surface area contributed by atoms with Gasteiger partial charge in [-0.3, -0.25) is 10.1 Å². The monoisotopic (exact) mass is 472 g/mol. The first-order valence-corrected chi connectivity index (χ1v) is 11.7. The Kier molecular flexibility index (Phi) is 5.67. The van der Waals surface area contributed by atoms with Gasteiger partial charge >= 0.3 is 0 Å². The van der Waals surface area contributed by atoms with Crippen molar-refractivity contribution in [2.24, 2.45) is 5.10 Å². The SMILES string of the molecule is Cc1ccc(C)c(C2=NN(c3nc(-c4ccc(F)cc4)cs3)C(c3cccc([N+](=O)[O-])c3)C2)c1. The van der Waals surface area contributed by atoms with E-state index in [9.17, 15) is 14.5 Å². The van der Waals surface area contributed by atoms with Gasteiger partial charge in [0.25, 0.3) is 5.69 Å². The summed E-state index contributed by atoms with van der Waals surface area (Å²) in [7, 11) is 0. The van der Waals surface area contributed by atoms with Crippen LogP contribution in [0.3, 0.4) is 0 Å². The van der Waals surface area contributed by atoms with Gasteiger partial charge in [0.05, 0.1) is 22.4 Å². The molecule has 0 N–H and O–H groups in total. The van der Waals surface area contributed by atoms with Crippen molar-refractivity contribution in [3.8, 4) is 11.3 Å². The number of hydrazone groups is 1. The molecule has 0 saturated carbocycles. The van der Waals surface area contributed by atoms with Crippen molar-refractivity contribution < 1.29 is 9.31 Å². The molecule has 0 amide bonds. The number of rotatable bonds is 5. The minimum Gasteiger partial charge on any atom is -0.258 e. The molecule has 4 aromatic rings. The lowest BCUT2D eigenvalue weighted by atomic mass is 9.95. The zero-order chi connectivity index (χ0) is 23.8. The van der Waals surface area contributed by atoms with E-state index in [1.54, 1.807) is 24.3 Å². The molecule has 170 valence electrons. The predicted octanol–water partition coefficient (Wildman–Crippen LogP) is 6.83. The molecule has 0 radical (unpaired) electrons. The number of hydrogen-bond acceptors (Lipinski definition) is 6. The highest BCUT2D eigenvalue weighted by molar-refractivity contribution is 7.14. The summed E-state index contributed by atoms with van der Waals surface area (Å²) in [6.45, 7) is 4.10. The fourth-order valence-corrected chi connectivity index (χ4v) is 4.96. The molecule has 34 heavy (non-hydrogen) atoms. The molecule has 1 aliphatic rings. The van der Waals surface area contributed by atoms with Crippen LogP contribution in [0.4, 0.5) is 15.2 Å². The largest absolute Gasteiger partial charge is 0.269 e. The van der Waals surface area contributed by atoms with Crippen LogP contribution in [0.2, 0.25) is 0 Å². The van der Waals surface area contributed by atoms with Gasteiger partial charge in [-0.2, -0.15) is 5.10 Å². The van der Waals surface area contributed by atoms with Gasteiger partial charge < -0.3 is 0 Å². The van der Waals surface area contributed by atoms with E-state index in [0.29, 0.717) is 11.6 Å². The molecule has 3 aromatic carbocycles. The third-order valence-electron chi connectivity index (χ3n) is 5.91. The second kappa shape index (κ2) is 8.79. The van der Waals surface area contributed by atoms with Gasteiger partial charge in [0, 0.05) is 35.1 Å². The van der Waals surface area contributed by atoms with Crippen molar-refractivity contribution >= 4 is 27.9 Å². The molecule has 8 heteroatoms. The maximum Gasteiger partial charge on any atom is 0.269 e. The van der Waals surface area contributed by atoms with Crippen LogP contribution >= 0.6 is 11.3 Å². The lowest BCUT2D eigenvalue weighted by molar-refractivity contribution is -0.384. The number of thiazole rings is 1. The number of halogens is 1. The number of aryl methyl sites for hydroxylation is 2. The van der Waals surface area contributed by atoms with Crippen molar-refractivity contribution in [3.63, 3.8) is 0 Å². The second-order valence-electron chi connectivity index (χ2n) is 8.30. The van der Waals surface area contributed by atoms with E-state index in [-0.39, 0.29) is 22.5 Å². The molecular weight excluding hydrogens is 451 g/mol. The van der Waals surface area contributed by atoms with E-state index in [0.717, 1.165) is 39.2 Å². The Labute approximate surface area is 200 Å². The molecule has 6 nitrogen and oxygen atoms in total. The summed E-state index contributed by atoms with van der Waals surface area (Å²) in [5, 5.41) is 20.8. The minimum absolute atomic E-state index is 0.0452. The van der Waals surface area contributed by atoms with Gasteiger partial charge in [0.15, 0.2) is 0 Å². The van der Waals surface area contributed by atoms with Crippen molar-refractivity contribution in [3.05, 3.63) is 110 Å². The number of nitrogens with zero attached hydrogens (tertiary/aromatic N) is 4. The van der Waals surface area contributed by atoms with E-state index in [2.05, 4.69) is 25.1 Å². The van der Waals surface area contributed by atoms with Gasteiger partial charge in [0.1, 0.15) is 5.82 Å². The highest BCUT2D eigenvalue weighted by atomic mass is 32.1. The molecule has 0 aliphatic carbocycles. The zero-order valence-corrected chi connectivity index (χ0v) is 19.4. The number of nitro groups is 1. The van der Waals surface area contributed by atoms with Crippen LogP contribution in [0.15, 0.2) is 77.2 Å². The number of non-ortho nitro benzene ring substituents is 1. The standard InChI is InChI=1S/C26H21FN4O2S/c1-16-6-7-17(2)22(12-16)23-14-25(19-4-3-5-21(13-19)31(32)33)30(29-23)26-28-24(15-34-26)18-8-10-20(27)11-9-18/h3-13,15,25H,14H2,1-2H3. The highest BCUT2D eigenvalue weighted by Gasteiger charge is 2.33. The fourth-order valence-electron chi connectivity index (χ4n) is 4.12. The van der Waals surface area contributed by atoms with Crippen LogP contribution in [0.5, 0.6) is 0 Å². The zero-order valence-electron chi connectivity index (χ0n) is 18.6. The Morgan fingerprint density at radius 1 is 1.09 bits per heavy atom. The van der Waals surface area contributed by atoms with E-state index < -0.39 is 0 Å². The van der Waals surface area contributed by atoms with Crippen molar-refractivity contribution in [1.29, 1.82) is 0 Å². The highest BCUT2D eigenvalue weighted by Crippen LogP contribution is 2.40. The number of aromatic nitrogens is 1. The van der Waals surface area contributed by atoms with Crippen molar-refractivity contribution in [2.75, 3.05) is 5.01 Å². The first-order valence-electron chi connectivity index (χ1n) is 10.8. The Hall–Kier alpha value is -3.91. The van der Waals surface area contributed by atoms with E-state index in [1.807, 2.05) is 23.4 Å². The molecule has 0 bridgehead atoms. The summed E-state index contributed by atoms with van der Waals surface area (Å²) in [5.74, 6) is -0.299. The molecule has 1 unspecified atom stereocenters. The minimum atomic E-state index is -0.384. The molecular formula is C26H21FN4O2S. The van der Waals surface area contributed by atoms with E-state index in [1.165, 1.54) is 29.5 Å². The maximum atomic E-state index is 13.4. The number of anilines is 1. The average Bonchev–Trinajstić information content (AvgIpc) is 3.49. The van der Waals surface area contributed by atoms with Crippen LogP contribution in [-0.4, -0.2) is 15.6 Å². The molecule has 1 aromatic heterocycles. The Balaban J connectivity index is 1.57. The molecule has 0 fully saturated rings. The van der Waals surface area contributed by atoms with Crippen molar-refractivity contribution in [2.45, 2.75) is 26.3 Å². The lowest BCUT2D eigenvalue weighted by Gasteiger charge is -2.21. The molecule has 0 spiro atoms. The average molecular weight is 473 g/mol. The lowest BCUT2D eigenvalue weighted by Crippen LogP contribution is -2.18. The van der Waals surface area contributed by atoms with Gasteiger partial charge in [-0.05, 0) is 55.3 Å². The first kappa shape index (κ1) is 21.9. The first-order chi connectivity index (χ1) is 16.4. The fraction of sp³-hybridized carbons (Fsp3) is 0.154. The molecule has 1 aliphatic heterocycles. The smallest absolute Gasteiger partial charge is 0.258 e. The van der Waals surface area contributed by atoms with Gasteiger partial charge in [-0.1, -0.05) is 29.8 Å². The van der Waals surface area contributed by atoms with Crippen LogP contribution < -0.4 is 5.01 Å². The molecule has 2 heterocycles. The van der Waals surface area contributed by atoms with Crippen LogP contribution in [0.25, 0.3) is 11.3 Å². The number of hydrogen-bond donors (Lipinski definition) is 0. The summed E-state index contributed by atoms with van der Waals surface area (Å²) in [6, 6.07) is 18.9. The Bertz CT molecular complexity index is 1410. The van der Waals surface area contributed by atoms with Gasteiger partial charge in [-0.15, -0.1) is 11.3 Å². The summed E-state index contributed by atoms with van der Waals surface area (Å²) in [5.41, 5.74) is 6.63. The molecule has 0 saturated heterocycles. The van der Waals surface area contributed by atoms with Crippen molar-refractivity contribution in [1.82, 2.24) is 4.98 Å². The Morgan fingerprint density at radius 2 is 1.88 bits per heavy atom. The van der Waals surface area contributed by atoms with Crippen LogP contribution in [-0.2, 0) is 0 Å². The number of benzene rings is 3. The van der Waals surface area contributed by atoms with Gasteiger partial charge in [-0.25, -0.2) is 14.4 Å². The third-order valence-corrected chi connectivity index (χ3v) is 6.74. The normalized spacial score (nSPS) is 15.4. The summed E-state index contributed by atoms with van der Waals surface area (Å²) < 4.78 is 13.4. The van der Waals surface area contributed by atoms with Crippen LogP contribution in [0.1, 0.15) is 34.7 Å². The van der Waals surface area contributed by atoms with Crippen LogP contribution in [0, 0.1) is 29.8 Å². The number of nitro benzene ring substituents is 1. The third kappa shape index (κ3) is 4.20. The summed E-state index contributed by atoms with van der Waals surface area (Å²) >= 11 is 1.44. The predicted molar refractivity (Wildman–Crippen MR) is 133 cm³/mol. The Morgan fingerprint density at radius 3 is 2.65 bits per heavy atom. The molecule has 1 atom stereocenters. The quantitative estimate of drug-likeness (QED) is 0.236. The van der Waals surface area contributed by atoms with Gasteiger partial charge in [0.2, 0.25) is 5.13 Å². The van der Waals surface area contributed by atoms with E-state index >= 15 is 0 Å². The second-order valence-corrected chi connectivity index (χ2v) is 9.14. The molecule has 5 rings (SSSR count).